The fourth-order valence-corrected chi connectivity index (χ4v) is 4.86. The van der Waals surface area contributed by atoms with Gasteiger partial charge in [0.15, 0.2) is 0 Å². The maximum absolute atomic E-state index is 11.8. The van der Waals surface area contributed by atoms with Gasteiger partial charge in [-0.05, 0) is 67.2 Å². The minimum absolute atomic E-state index is 0.0517. The highest BCUT2D eigenvalue weighted by molar-refractivity contribution is 6.30. The zero-order chi connectivity index (χ0) is 14.5. The van der Waals surface area contributed by atoms with Crippen LogP contribution in [0.4, 0.5) is 0 Å². The molecule has 2 nitrogen and oxygen atoms in total. The highest BCUT2D eigenvalue weighted by Crippen LogP contribution is 2.57. The summed E-state index contributed by atoms with van der Waals surface area (Å²) in [5.74, 6) is -0.439. The molecule has 2 aliphatic carbocycles. The van der Waals surface area contributed by atoms with Crippen LogP contribution in [-0.2, 0) is 16.6 Å². The van der Waals surface area contributed by atoms with E-state index in [0.717, 1.165) is 37.1 Å². The minimum Gasteiger partial charge on any atom is -0.481 e. The van der Waals surface area contributed by atoms with E-state index in [9.17, 15) is 9.90 Å². The van der Waals surface area contributed by atoms with Crippen molar-refractivity contribution in [3.63, 3.8) is 0 Å². The van der Waals surface area contributed by atoms with E-state index in [0.29, 0.717) is 0 Å². The summed E-state index contributed by atoms with van der Waals surface area (Å²) in [7, 11) is 0. The average Bonchev–Trinajstić information content (AvgIpc) is 2.39. The number of fused-ring (bicyclic) bond motifs is 3. The summed E-state index contributed by atoms with van der Waals surface area (Å²) in [6, 6.07) is 6.13. The molecular weight excluding hydrogens is 272 g/mol. The maximum Gasteiger partial charge on any atom is 0.309 e. The van der Waals surface area contributed by atoms with E-state index in [1.165, 1.54) is 11.1 Å². The lowest BCUT2D eigenvalue weighted by Crippen LogP contribution is -2.52. The van der Waals surface area contributed by atoms with Crippen LogP contribution in [0.15, 0.2) is 18.2 Å². The predicted octanol–water partition coefficient (Wildman–Crippen LogP) is 4.43. The van der Waals surface area contributed by atoms with Gasteiger partial charge in [-0.3, -0.25) is 4.79 Å². The summed E-state index contributed by atoms with van der Waals surface area (Å²) in [4.78, 5) is 11.8. The first-order chi connectivity index (χ1) is 9.38. The Morgan fingerprint density at radius 2 is 2.10 bits per heavy atom. The molecule has 0 aliphatic heterocycles. The lowest BCUT2D eigenvalue weighted by molar-refractivity contribution is -0.157. The summed E-state index contributed by atoms with van der Waals surface area (Å²) in [6.45, 7) is 4.18. The van der Waals surface area contributed by atoms with Crippen LogP contribution in [0.5, 0.6) is 0 Å². The number of halogens is 1. The molecule has 0 spiro atoms. The third kappa shape index (κ3) is 1.81. The van der Waals surface area contributed by atoms with Gasteiger partial charge in [0.2, 0.25) is 0 Å². The molecule has 0 amide bonds. The van der Waals surface area contributed by atoms with Crippen LogP contribution in [0.1, 0.15) is 50.7 Å². The second-order valence-corrected chi connectivity index (χ2v) is 7.32. The Bertz CT molecular complexity index is 568. The molecule has 3 atom stereocenters. The van der Waals surface area contributed by atoms with Crippen LogP contribution < -0.4 is 0 Å². The minimum atomic E-state index is -0.640. The number of aryl methyl sites for hydroxylation is 1. The third-order valence-corrected chi connectivity index (χ3v) is 6.04. The number of hydrogen-bond acceptors (Lipinski definition) is 1. The smallest absolute Gasteiger partial charge is 0.309 e. The third-order valence-electron chi connectivity index (χ3n) is 5.81. The Morgan fingerprint density at radius 1 is 1.35 bits per heavy atom. The standard InChI is InChI=1S/C17H21ClO2/c1-16-8-3-9-17(2,15(19)20)14(16)7-5-11-4-6-12(18)10-13(11)16/h4,6,10,14H,3,5,7-9H2,1-2H3,(H,19,20)/t14?,16-,17+/m1/s1. The summed E-state index contributed by atoms with van der Waals surface area (Å²) in [5.41, 5.74) is 1.98. The number of rotatable bonds is 1. The molecule has 1 N–H and O–H groups in total. The van der Waals surface area contributed by atoms with Gasteiger partial charge in [0.25, 0.3) is 0 Å². The van der Waals surface area contributed by atoms with Gasteiger partial charge in [0.1, 0.15) is 0 Å². The second kappa shape index (κ2) is 4.49. The van der Waals surface area contributed by atoms with Crippen molar-refractivity contribution < 1.29 is 9.90 Å². The number of carboxylic acids is 1. The Balaban J connectivity index is 2.13. The summed E-state index contributed by atoms with van der Waals surface area (Å²) >= 11 is 6.19. The number of benzene rings is 1. The first-order valence-corrected chi connectivity index (χ1v) is 7.78. The lowest BCUT2D eigenvalue weighted by Gasteiger charge is -2.53. The van der Waals surface area contributed by atoms with E-state index >= 15 is 0 Å². The number of aliphatic carboxylic acids is 1. The van der Waals surface area contributed by atoms with Gasteiger partial charge in [-0.15, -0.1) is 0 Å². The Kier molecular flexibility index (Phi) is 3.13. The number of hydrogen-bond donors (Lipinski definition) is 1. The molecule has 0 aromatic heterocycles. The molecular formula is C17H21ClO2. The molecule has 0 heterocycles. The van der Waals surface area contributed by atoms with E-state index in [2.05, 4.69) is 19.1 Å². The molecule has 20 heavy (non-hydrogen) atoms. The normalized spacial score (nSPS) is 36.0. The number of carbonyl (C=O) groups is 1. The fourth-order valence-electron chi connectivity index (χ4n) is 4.69. The largest absolute Gasteiger partial charge is 0.481 e. The van der Waals surface area contributed by atoms with Gasteiger partial charge >= 0.3 is 5.97 Å². The summed E-state index contributed by atoms with van der Waals surface area (Å²) in [6.07, 6.45) is 4.76. The molecule has 1 unspecified atom stereocenters. The quantitative estimate of drug-likeness (QED) is 0.831. The van der Waals surface area contributed by atoms with Crippen molar-refractivity contribution in [2.45, 2.75) is 51.4 Å². The topological polar surface area (TPSA) is 37.3 Å². The SMILES string of the molecule is C[C@]1(C(=O)O)CCC[C@]2(C)c3cc(Cl)ccc3CCC12. The van der Waals surface area contributed by atoms with E-state index in [1.54, 1.807) is 0 Å². The molecule has 0 saturated heterocycles. The van der Waals surface area contributed by atoms with E-state index < -0.39 is 11.4 Å². The predicted molar refractivity (Wildman–Crippen MR) is 80.2 cm³/mol. The van der Waals surface area contributed by atoms with Crippen molar-refractivity contribution >= 4 is 17.6 Å². The molecule has 1 fully saturated rings. The van der Waals surface area contributed by atoms with Crippen LogP contribution in [0.3, 0.4) is 0 Å². The molecule has 1 aromatic carbocycles. The second-order valence-electron chi connectivity index (χ2n) is 6.89. The van der Waals surface area contributed by atoms with Crippen LogP contribution in [0.25, 0.3) is 0 Å². The van der Waals surface area contributed by atoms with Crippen molar-refractivity contribution in [2.75, 3.05) is 0 Å². The van der Waals surface area contributed by atoms with Crippen molar-refractivity contribution in [3.05, 3.63) is 34.3 Å². The molecule has 108 valence electrons. The Labute approximate surface area is 125 Å². The van der Waals surface area contributed by atoms with Crippen molar-refractivity contribution in [3.8, 4) is 0 Å². The molecule has 0 bridgehead atoms. The van der Waals surface area contributed by atoms with Crippen molar-refractivity contribution in [2.24, 2.45) is 11.3 Å². The van der Waals surface area contributed by atoms with E-state index in [4.69, 9.17) is 11.6 Å². The first kappa shape index (κ1) is 13.9. The summed E-state index contributed by atoms with van der Waals surface area (Å²) in [5, 5.41) is 10.5. The maximum atomic E-state index is 11.8. The molecule has 3 heteroatoms. The van der Waals surface area contributed by atoms with Gasteiger partial charge in [0.05, 0.1) is 5.41 Å². The molecule has 1 saturated carbocycles. The van der Waals surface area contributed by atoms with Gasteiger partial charge in [-0.1, -0.05) is 31.0 Å². The van der Waals surface area contributed by atoms with Gasteiger partial charge in [0, 0.05) is 5.02 Å². The summed E-state index contributed by atoms with van der Waals surface area (Å²) < 4.78 is 0. The van der Waals surface area contributed by atoms with Crippen molar-refractivity contribution in [1.29, 1.82) is 0 Å². The molecule has 2 aliphatic rings. The molecule has 0 radical (unpaired) electrons. The highest BCUT2D eigenvalue weighted by atomic mass is 35.5. The first-order valence-electron chi connectivity index (χ1n) is 7.40. The zero-order valence-electron chi connectivity index (χ0n) is 12.1. The zero-order valence-corrected chi connectivity index (χ0v) is 12.8. The number of carboxylic acid groups (broad SMARTS) is 1. The Morgan fingerprint density at radius 3 is 2.80 bits per heavy atom. The lowest BCUT2D eigenvalue weighted by atomic mass is 9.50. The van der Waals surface area contributed by atoms with Gasteiger partial charge in [-0.2, -0.15) is 0 Å². The fraction of sp³-hybridized carbons (Fsp3) is 0.588. The van der Waals surface area contributed by atoms with Crippen LogP contribution in [-0.4, -0.2) is 11.1 Å². The van der Waals surface area contributed by atoms with Crippen LogP contribution in [0, 0.1) is 11.3 Å². The molecule has 3 rings (SSSR count). The highest BCUT2D eigenvalue weighted by Gasteiger charge is 2.55. The van der Waals surface area contributed by atoms with E-state index in [-0.39, 0.29) is 11.3 Å². The van der Waals surface area contributed by atoms with Gasteiger partial charge in [-0.25, -0.2) is 0 Å². The van der Waals surface area contributed by atoms with Gasteiger partial charge < -0.3 is 5.11 Å². The monoisotopic (exact) mass is 292 g/mol. The van der Waals surface area contributed by atoms with Crippen molar-refractivity contribution in [1.82, 2.24) is 0 Å². The van der Waals surface area contributed by atoms with Crippen LogP contribution in [0.2, 0.25) is 5.02 Å². The average molecular weight is 293 g/mol. The van der Waals surface area contributed by atoms with E-state index in [1.807, 2.05) is 13.0 Å². The van der Waals surface area contributed by atoms with Crippen LogP contribution >= 0.6 is 11.6 Å². The Hall–Kier alpha value is -1.02. The molecule has 1 aromatic rings.